The largest absolute Gasteiger partial charge is 0.396 e. The molecule has 0 unspecified atom stereocenters. The lowest BCUT2D eigenvalue weighted by Gasteiger charge is -2.43. The molecule has 0 bridgehead atoms. The van der Waals surface area contributed by atoms with E-state index in [1.165, 1.54) is 19.3 Å². The van der Waals surface area contributed by atoms with E-state index < -0.39 is 5.79 Å². The van der Waals surface area contributed by atoms with Crippen molar-refractivity contribution in [1.29, 1.82) is 0 Å². The topological polar surface area (TPSA) is 41.9 Å². The quantitative estimate of drug-likeness (QED) is 0.845. The van der Waals surface area contributed by atoms with Crippen LogP contribution in [0.4, 0.5) is 0 Å². The van der Waals surface area contributed by atoms with Gasteiger partial charge in [-0.3, -0.25) is 4.90 Å². The van der Waals surface area contributed by atoms with Crippen molar-refractivity contribution in [3.63, 3.8) is 0 Å². The molecule has 4 nitrogen and oxygen atoms in total. The van der Waals surface area contributed by atoms with E-state index in [1.807, 2.05) is 13.8 Å². The minimum atomic E-state index is -0.459. The van der Waals surface area contributed by atoms with Crippen LogP contribution < -0.4 is 0 Å². The average Bonchev–Trinajstić information content (AvgIpc) is 2.81. The highest BCUT2D eigenvalue weighted by Gasteiger charge is 2.56. The molecule has 3 heterocycles. The van der Waals surface area contributed by atoms with Crippen molar-refractivity contribution in [3.05, 3.63) is 0 Å². The van der Waals surface area contributed by atoms with Gasteiger partial charge in [-0.1, -0.05) is 19.8 Å². The maximum absolute atomic E-state index is 9.86. The number of fused-ring (bicyclic) bond motifs is 3. The van der Waals surface area contributed by atoms with E-state index in [9.17, 15) is 5.11 Å². The number of rotatable bonds is 3. The van der Waals surface area contributed by atoms with Gasteiger partial charge in [0, 0.05) is 25.1 Å². The number of hydrogen-bond acceptors (Lipinski definition) is 4. The standard InChI is InChI=1S/C15H27NO3/c1-4-5-10-6-7-16-8-12-14(13(16)11(10)9-17)19-15(2,3)18-12/h10-14,17H,4-9H2,1-3H3/t10-,11+,12-,13-,14-/m1/s1. The summed E-state index contributed by atoms with van der Waals surface area (Å²) in [5.74, 6) is 0.530. The van der Waals surface area contributed by atoms with Gasteiger partial charge >= 0.3 is 0 Å². The fraction of sp³-hybridized carbons (Fsp3) is 1.00. The highest BCUT2D eigenvalue weighted by Crippen LogP contribution is 2.44. The van der Waals surface area contributed by atoms with Gasteiger partial charge in [0.2, 0.25) is 0 Å². The van der Waals surface area contributed by atoms with E-state index in [0.717, 1.165) is 13.1 Å². The van der Waals surface area contributed by atoms with Crippen LogP contribution in [-0.4, -0.2) is 53.7 Å². The Morgan fingerprint density at radius 1 is 1.32 bits per heavy atom. The summed E-state index contributed by atoms with van der Waals surface area (Å²) in [6, 6.07) is 0.349. The lowest BCUT2D eigenvalue weighted by atomic mass is 9.77. The third kappa shape index (κ3) is 2.33. The van der Waals surface area contributed by atoms with Crippen LogP contribution in [0.5, 0.6) is 0 Å². The van der Waals surface area contributed by atoms with Gasteiger partial charge in [-0.2, -0.15) is 0 Å². The molecule has 0 spiro atoms. The summed E-state index contributed by atoms with van der Waals surface area (Å²) < 4.78 is 12.1. The maximum Gasteiger partial charge on any atom is 0.163 e. The number of piperidine rings is 1. The van der Waals surface area contributed by atoms with Crippen molar-refractivity contribution in [2.24, 2.45) is 11.8 Å². The molecule has 3 aliphatic rings. The van der Waals surface area contributed by atoms with Crippen LogP contribution in [0.1, 0.15) is 40.0 Å². The van der Waals surface area contributed by atoms with E-state index in [0.29, 0.717) is 17.9 Å². The minimum Gasteiger partial charge on any atom is -0.396 e. The second-order valence-electron chi connectivity index (χ2n) is 6.81. The summed E-state index contributed by atoms with van der Waals surface area (Å²) in [5, 5.41) is 9.86. The van der Waals surface area contributed by atoms with Crippen LogP contribution in [0.3, 0.4) is 0 Å². The van der Waals surface area contributed by atoms with E-state index in [2.05, 4.69) is 11.8 Å². The molecule has 1 N–H and O–H groups in total. The summed E-state index contributed by atoms with van der Waals surface area (Å²) in [6.07, 6.45) is 3.96. The van der Waals surface area contributed by atoms with E-state index in [1.54, 1.807) is 0 Å². The van der Waals surface area contributed by atoms with Crippen LogP contribution in [0.25, 0.3) is 0 Å². The second kappa shape index (κ2) is 4.99. The van der Waals surface area contributed by atoms with Gasteiger partial charge in [-0.05, 0) is 32.7 Å². The normalized spacial score (nSPS) is 45.2. The zero-order valence-corrected chi connectivity index (χ0v) is 12.3. The third-order valence-electron chi connectivity index (χ3n) is 5.10. The first-order valence-corrected chi connectivity index (χ1v) is 7.76. The highest BCUT2D eigenvalue weighted by molar-refractivity contribution is 5.05. The number of hydrogen-bond donors (Lipinski definition) is 1. The molecule has 3 saturated heterocycles. The summed E-state index contributed by atoms with van der Waals surface area (Å²) in [6.45, 7) is 8.60. The summed E-state index contributed by atoms with van der Waals surface area (Å²) in [4.78, 5) is 2.48. The third-order valence-corrected chi connectivity index (χ3v) is 5.10. The average molecular weight is 269 g/mol. The molecule has 0 amide bonds. The zero-order chi connectivity index (χ0) is 13.6. The van der Waals surface area contributed by atoms with Crippen molar-refractivity contribution in [3.8, 4) is 0 Å². The molecule has 0 aromatic rings. The second-order valence-corrected chi connectivity index (χ2v) is 6.81. The number of ether oxygens (including phenoxy) is 2. The number of aliphatic hydroxyl groups excluding tert-OH is 1. The van der Waals surface area contributed by atoms with Crippen molar-refractivity contribution < 1.29 is 14.6 Å². The molecule has 110 valence electrons. The highest BCUT2D eigenvalue weighted by atomic mass is 16.8. The predicted octanol–water partition coefficient (Wildman–Crippen LogP) is 1.62. The molecule has 0 radical (unpaired) electrons. The maximum atomic E-state index is 9.86. The first-order chi connectivity index (χ1) is 9.05. The van der Waals surface area contributed by atoms with Crippen LogP contribution >= 0.6 is 0 Å². The zero-order valence-electron chi connectivity index (χ0n) is 12.3. The van der Waals surface area contributed by atoms with Gasteiger partial charge in [0.1, 0.15) is 12.2 Å². The lowest BCUT2D eigenvalue weighted by molar-refractivity contribution is -0.170. The molecular weight excluding hydrogens is 242 g/mol. The van der Waals surface area contributed by atoms with Crippen molar-refractivity contribution in [2.75, 3.05) is 19.7 Å². The molecule has 0 aromatic carbocycles. The van der Waals surface area contributed by atoms with Gasteiger partial charge in [0.05, 0.1) is 0 Å². The molecule has 0 aliphatic carbocycles. The number of nitrogens with zero attached hydrogens (tertiary/aromatic N) is 1. The molecule has 0 aromatic heterocycles. The lowest BCUT2D eigenvalue weighted by Crippen LogP contribution is -2.52. The van der Waals surface area contributed by atoms with Crippen molar-refractivity contribution in [2.45, 2.75) is 64.1 Å². The molecular formula is C15H27NO3. The van der Waals surface area contributed by atoms with Crippen LogP contribution in [0.15, 0.2) is 0 Å². The molecule has 0 saturated carbocycles. The Morgan fingerprint density at radius 3 is 2.79 bits per heavy atom. The fourth-order valence-electron chi connectivity index (χ4n) is 4.42. The smallest absolute Gasteiger partial charge is 0.163 e. The Bertz CT molecular complexity index is 333. The summed E-state index contributed by atoms with van der Waals surface area (Å²) >= 11 is 0. The Balaban J connectivity index is 1.79. The Hall–Kier alpha value is -0.160. The first-order valence-electron chi connectivity index (χ1n) is 7.76. The van der Waals surface area contributed by atoms with E-state index >= 15 is 0 Å². The van der Waals surface area contributed by atoms with Gasteiger partial charge < -0.3 is 14.6 Å². The summed E-state index contributed by atoms with van der Waals surface area (Å²) in [5.41, 5.74) is 0. The molecule has 19 heavy (non-hydrogen) atoms. The fourth-order valence-corrected chi connectivity index (χ4v) is 4.42. The molecule has 3 fully saturated rings. The van der Waals surface area contributed by atoms with Gasteiger partial charge in [-0.25, -0.2) is 0 Å². The van der Waals surface area contributed by atoms with Crippen molar-refractivity contribution >= 4 is 0 Å². The van der Waals surface area contributed by atoms with E-state index in [-0.39, 0.29) is 18.8 Å². The van der Waals surface area contributed by atoms with Crippen molar-refractivity contribution in [1.82, 2.24) is 4.90 Å². The molecule has 3 aliphatic heterocycles. The Morgan fingerprint density at radius 2 is 2.11 bits per heavy atom. The molecule has 4 heteroatoms. The predicted molar refractivity (Wildman–Crippen MR) is 72.8 cm³/mol. The Kier molecular flexibility index (Phi) is 3.63. The molecule has 5 atom stereocenters. The van der Waals surface area contributed by atoms with Gasteiger partial charge in [0.25, 0.3) is 0 Å². The van der Waals surface area contributed by atoms with E-state index in [4.69, 9.17) is 9.47 Å². The van der Waals surface area contributed by atoms with Gasteiger partial charge in [-0.15, -0.1) is 0 Å². The van der Waals surface area contributed by atoms with Crippen LogP contribution in [0.2, 0.25) is 0 Å². The SMILES string of the molecule is CCC[C@@H]1CCN2C[C@H]3OC(C)(C)O[C@H]3[C@H]2[C@H]1CO. The minimum absolute atomic E-state index is 0.145. The molecule has 3 rings (SSSR count). The van der Waals surface area contributed by atoms with Crippen LogP contribution in [0, 0.1) is 11.8 Å². The van der Waals surface area contributed by atoms with Gasteiger partial charge in [0.15, 0.2) is 5.79 Å². The Labute approximate surface area is 116 Å². The first kappa shape index (κ1) is 13.8. The summed E-state index contributed by atoms with van der Waals surface area (Å²) in [7, 11) is 0. The monoisotopic (exact) mass is 269 g/mol. The van der Waals surface area contributed by atoms with Crippen LogP contribution in [-0.2, 0) is 9.47 Å². The number of aliphatic hydroxyl groups is 1.